The van der Waals surface area contributed by atoms with Crippen molar-refractivity contribution in [3.05, 3.63) is 63.5 Å². The van der Waals surface area contributed by atoms with Gasteiger partial charge in [0.05, 0.1) is 4.92 Å². The van der Waals surface area contributed by atoms with E-state index in [-0.39, 0.29) is 17.9 Å². The van der Waals surface area contributed by atoms with Crippen molar-refractivity contribution in [1.82, 2.24) is 0 Å². The molecule has 2 aromatic carbocycles. The second-order valence-electron chi connectivity index (χ2n) is 4.28. The molecular weight excluding hydrogens is 297 g/mol. The Labute approximate surface area is 123 Å². The van der Waals surface area contributed by atoms with Crippen LogP contribution >= 0.6 is 0 Å². The van der Waals surface area contributed by atoms with Crippen molar-refractivity contribution in [3.63, 3.8) is 0 Å². The van der Waals surface area contributed by atoms with E-state index in [0.29, 0.717) is 6.07 Å². The zero-order chi connectivity index (χ0) is 16.3. The van der Waals surface area contributed by atoms with Gasteiger partial charge in [-0.1, -0.05) is 18.2 Å². The van der Waals surface area contributed by atoms with Crippen molar-refractivity contribution in [2.75, 3.05) is 0 Å². The first-order valence-electron chi connectivity index (χ1n) is 6.01. The number of rotatable bonds is 5. The van der Waals surface area contributed by atoms with Crippen LogP contribution in [0.25, 0.3) is 0 Å². The van der Waals surface area contributed by atoms with E-state index in [2.05, 4.69) is 0 Å². The molecule has 0 amide bonds. The van der Waals surface area contributed by atoms with Gasteiger partial charge in [-0.25, -0.2) is 9.18 Å². The second kappa shape index (κ2) is 6.08. The van der Waals surface area contributed by atoms with E-state index in [1.165, 1.54) is 18.2 Å². The summed E-state index contributed by atoms with van der Waals surface area (Å²) >= 11 is 0. The maximum atomic E-state index is 13.5. The SMILES string of the molecule is O=C(O)c1cc([N+](=O)[O-])c(OCc2ccccc2F)cc1O. The van der Waals surface area contributed by atoms with E-state index in [1.54, 1.807) is 6.07 Å². The normalized spacial score (nSPS) is 10.2. The number of carboxylic acid groups (broad SMARTS) is 1. The first-order valence-corrected chi connectivity index (χ1v) is 6.01. The van der Waals surface area contributed by atoms with Gasteiger partial charge in [0.25, 0.3) is 0 Å². The number of halogens is 1. The lowest BCUT2D eigenvalue weighted by Gasteiger charge is -2.09. The quantitative estimate of drug-likeness (QED) is 0.649. The Bertz CT molecular complexity index is 746. The van der Waals surface area contributed by atoms with Crippen LogP contribution in [0.3, 0.4) is 0 Å². The molecule has 0 aliphatic heterocycles. The molecule has 0 saturated carbocycles. The molecule has 0 aromatic heterocycles. The van der Waals surface area contributed by atoms with E-state index < -0.39 is 33.7 Å². The number of nitro benzene ring substituents is 1. The minimum Gasteiger partial charge on any atom is -0.507 e. The Kier molecular flexibility index (Phi) is 4.21. The molecule has 0 aliphatic carbocycles. The van der Waals surface area contributed by atoms with Gasteiger partial charge in [0.15, 0.2) is 0 Å². The van der Waals surface area contributed by atoms with Gasteiger partial charge in [0.1, 0.15) is 23.7 Å². The zero-order valence-corrected chi connectivity index (χ0v) is 11.0. The van der Waals surface area contributed by atoms with Crippen LogP contribution in [0.15, 0.2) is 36.4 Å². The molecule has 7 nitrogen and oxygen atoms in total. The van der Waals surface area contributed by atoms with E-state index >= 15 is 0 Å². The Morgan fingerprint density at radius 1 is 1.32 bits per heavy atom. The summed E-state index contributed by atoms with van der Waals surface area (Å²) in [4.78, 5) is 21.0. The fourth-order valence-corrected chi connectivity index (χ4v) is 1.76. The number of carboxylic acids is 1. The number of benzene rings is 2. The molecule has 0 aliphatic rings. The first kappa shape index (κ1) is 15.2. The fraction of sp³-hybridized carbons (Fsp3) is 0.0714. The standard InChI is InChI=1S/C14H10FNO6/c15-10-4-2-1-3-8(10)7-22-13-6-12(17)9(14(18)19)5-11(13)16(20)21/h1-6,17H,7H2,(H,18,19). The van der Waals surface area contributed by atoms with Crippen molar-refractivity contribution < 1.29 is 29.1 Å². The van der Waals surface area contributed by atoms with E-state index in [4.69, 9.17) is 9.84 Å². The summed E-state index contributed by atoms with van der Waals surface area (Å²) in [7, 11) is 0. The Hall–Kier alpha value is -3.16. The molecule has 0 unspecified atom stereocenters. The molecule has 114 valence electrons. The fourth-order valence-electron chi connectivity index (χ4n) is 1.76. The highest BCUT2D eigenvalue weighted by atomic mass is 19.1. The number of nitro groups is 1. The van der Waals surface area contributed by atoms with E-state index in [9.17, 15) is 24.4 Å². The topological polar surface area (TPSA) is 110 Å². The van der Waals surface area contributed by atoms with Crippen LogP contribution in [0, 0.1) is 15.9 Å². The van der Waals surface area contributed by atoms with Crippen molar-refractivity contribution in [2.24, 2.45) is 0 Å². The van der Waals surface area contributed by atoms with Gasteiger partial charge in [-0.05, 0) is 6.07 Å². The van der Waals surface area contributed by atoms with Crippen LogP contribution in [0.4, 0.5) is 10.1 Å². The van der Waals surface area contributed by atoms with Gasteiger partial charge in [-0.3, -0.25) is 10.1 Å². The summed E-state index contributed by atoms with van der Waals surface area (Å²) in [6, 6.07) is 7.21. The lowest BCUT2D eigenvalue weighted by atomic mass is 10.1. The lowest BCUT2D eigenvalue weighted by Crippen LogP contribution is -2.04. The maximum absolute atomic E-state index is 13.5. The van der Waals surface area contributed by atoms with Gasteiger partial charge in [-0.15, -0.1) is 0 Å². The number of hydrogen-bond acceptors (Lipinski definition) is 5. The summed E-state index contributed by atoms with van der Waals surface area (Å²) in [5.74, 6) is -3.09. The van der Waals surface area contributed by atoms with Crippen LogP contribution in [0.1, 0.15) is 15.9 Å². The third kappa shape index (κ3) is 3.11. The molecular formula is C14H10FNO6. The third-order valence-electron chi connectivity index (χ3n) is 2.85. The van der Waals surface area contributed by atoms with Crippen LogP contribution in [-0.4, -0.2) is 21.1 Å². The third-order valence-corrected chi connectivity index (χ3v) is 2.85. The van der Waals surface area contributed by atoms with Crippen LogP contribution in [-0.2, 0) is 6.61 Å². The molecule has 0 bridgehead atoms. The van der Waals surface area contributed by atoms with Gasteiger partial charge >= 0.3 is 11.7 Å². The molecule has 0 heterocycles. The molecule has 8 heteroatoms. The minimum absolute atomic E-state index is 0.165. The second-order valence-corrected chi connectivity index (χ2v) is 4.28. The van der Waals surface area contributed by atoms with Crippen molar-refractivity contribution in [1.29, 1.82) is 0 Å². The van der Waals surface area contributed by atoms with Crippen molar-refractivity contribution in [3.8, 4) is 11.5 Å². The van der Waals surface area contributed by atoms with E-state index in [1.807, 2.05) is 0 Å². The molecule has 2 rings (SSSR count). The summed E-state index contributed by atoms with van der Waals surface area (Å²) in [6.07, 6.45) is 0. The summed E-state index contributed by atoms with van der Waals surface area (Å²) in [5, 5.41) is 29.4. The Morgan fingerprint density at radius 3 is 2.59 bits per heavy atom. The first-order chi connectivity index (χ1) is 10.4. The van der Waals surface area contributed by atoms with Gasteiger partial charge < -0.3 is 14.9 Å². The van der Waals surface area contributed by atoms with Gasteiger partial charge in [-0.2, -0.15) is 0 Å². The predicted octanol–water partition coefficient (Wildman–Crippen LogP) is 2.72. The Balaban J connectivity index is 2.34. The highest BCUT2D eigenvalue weighted by molar-refractivity contribution is 5.92. The minimum atomic E-state index is -1.51. The number of carbonyl (C=O) groups is 1. The molecule has 0 radical (unpaired) electrons. The van der Waals surface area contributed by atoms with Gasteiger partial charge in [0.2, 0.25) is 5.75 Å². The van der Waals surface area contributed by atoms with Crippen molar-refractivity contribution >= 4 is 11.7 Å². The molecule has 0 atom stereocenters. The number of nitrogens with zero attached hydrogens (tertiary/aromatic N) is 1. The molecule has 22 heavy (non-hydrogen) atoms. The average molecular weight is 307 g/mol. The molecule has 2 aromatic rings. The number of ether oxygens (including phenoxy) is 1. The highest BCUT2D eigenvalue weighted by Crippen LogP contribution is 2.34. The smallest absolute Gasteiger partial charge is 0.339 e. The monoisotopic (exact) mass is 307 g/mol. The summed E-state index contributed by atoms with van der Waals surface area (Å²) < 4.78 is 18.6. The largest absolute Gasteiger partial charge is 0.507 e. The predicted molar refractivity (Wildman–Crippen MR) is 72.5 cm³/mol. The highest BCUT2D eigenvalue weighted by Gasteiger charge is 2.23. The number of hydrogen-bond donors (Lipinski definition) is 2. The van der Waals surface area contributed by atoms with Crippen molar-refractivity contribution in [2.45, 2.75) is 6.61 Å². The van der Waals surface area contributed by atoms with Crippen LogP contribution in [0.2, 0.25) is 0 Å². The number of phenols is 1. The number of aromatic hydroxyl groups is 1. The van der Waals surface area contributed by atoms with Crippen LogP contribution < -0.4 is 4.74 Å². The van der Waals surface area contributed by atoms with Gasteiger partial charge in [0, 0.05) is 17.7 Å². The number of aromatic carboxylic acids is 1. The molecule has 0 fully saturated rings. The molecule has 0 saturated heterocycles. The summed E-state index contributed by atoms with van der Waals surface area (Å²) in [6.45, 7) is -0.306. The average Bonchev–Trinajstić information content (AvgIpc) is 2.45. The molecule has 2 N–H and O–H groups in total. The molecule has 0 spiro atoms. The van der Waals surface area contributed by atoms with Crippen LogP contribution in [0.5, 0.6) is 11.5 Å². The Morgan fingerprint density at radius 2 is 2.00 bits per heavy atom. The summed E-state index contributed by atoms with van der Waals surface area (Å²) in [5.41, 5.74) is -1.09. The maximum Gasteiger partial charge on any atom is 0.339 e. The zero-order valence-electron chi connectivity index (χ0n) is 11.0. The van der Waals surface area contributed by atoms with E-state index in [0.717, 1.165) is 6.07 Å². The lowest BCUT2D eigenvalue weighted by molar-refractivity contribution is -0.386.